The molecule has 0 bridgehead atoms. The molecule has 120 valence electrons. The zero-order valence-electron chi connectivity index (χ0n) is 14.5. The van der Waals surface area contributed by atoms with Crippen LogP contribution in [0.25, 0.3) is 0 Å². The van der Waals surface area contributed by atoms with Crippen molar-refractivity contribution in [2.24, 2.45) is 5.41 Å². The average molecular weight is 293 g/mol. The van der Waals surface area contributed by atoms with Gasteiger partial charge in [0.25, 0.3) is 5.56 Å². The molecule has 0 aliphatic carbocycles. The Kier molecular flexibility index (Phi) is 5.99. The van der Waals surface area contributed by atoms with Crippen LogP contribution in [-0.4, -0.2) is 16.1 Å². The van der Waals surface area contributed by atoms with E-state index < -0.39 is 0 Å². The van der Waals surface area contributed by atoms with Gasteiger partial charge in [0.2, 0.25) is 0 Å². The SMILES string of the molecule is CCCCCC(C)(C)CNc1nccn(C(C)(C)C)c1=O. The lowest BCUT2D eigenvalue weighted by molar-refractivity contribution is 0.341. The maximum atomic E-state index is 12.4. The number of hydrogen-bond donors (Lipinski definition) is 1. The van der Waals surface area contributed by atoms with Crippen molar-refractivity contribution < 1.29 is 0 Å². The highest BCUT2D eigenvalue weighted by Crippen LogP contribution is 2.23. The summed E-state index contributed by atoms with van der Waals surface area (Å²) in [5.74, 6) is 0.455. The molecule has 1 aromatic rings. The molecule has 0 radical (unpaired) electrons. The number of aromatic nitrogens is 2. The number of hydrogen-bond acceptors (Lipinski definition) is 3. The standard InChI is InChI=1S/C17H31N3O/c1-7-8-9-10-17(5,6)13-19-14-15(21)20(12-11-18-14)16(2,3)4/h11-12H,7-10,13H2,1-6H3,(H,18,19). The molecule has 0 unspecified atom stereocenters. The highest BCUT2D eigenvalue weighted by atomic mass is 16.1. The second-order valence-electron chi connectivity index (χ2n) is 7.60. The summed E-state index contributed by atoms with van der Waals surface area (Å²) in [5, 5.41) is 3.25. The zero-order valence-corrected chi connectivity index (χ0v) is 14.5. The molecule has 0 atom stereocenters. The van der Waals surface area contributed by atoms with Crippen LogP contribution in [0.1, 0.15) is 67.2 Å². The molecule has 0 saturated carbocycles. The summed E-state index contributed by atoms with van der Waals surface area (Å²) >= 11 is 0. The number of anilines is 1. The van der Waals surface area contributed by atoms with Crippen LogP contribution in [0, 0.1) is 5.41 Å². The fourth-order valence-corrected chi connectivity index (χ4v) is 2.33. The monoisotopic (exact) mass is 293 g/mol. The van der Waals surface area contributed by atoms with Gasteiger partial charge in [-0.1, -0.05) is 40.0 Å². The summed E-state index contributed by atoms with van der Waals surface area (Å²) in [6.45, 7) is 13.5. The molecule has 0 aliphatic heterocycles. The third-order valence-corrected chi connectivity index (χ3v) is 3.75. The Balaban J connectivity index is 2.74. The Labute approximate surface area is 129 Å². The Morgan fingerprint density at radius 2 is 1.86 bits per heavy atom. The van der Waals surface area contributed by atoms with Crippen molar-refractivity contribution in [3.05, 3.63) is 22.7 Å². The maximum Gasteiger partial charge on any atom is 0.293 e. The van der Waals surface area contributed by atoms with E-state index >= 15 is 0 Å². The van der Waals surface area contributed by atoms with Crippen molar-refractivity contribution in [3.8, 4) is 0 Å². The van der Waals surface area contributed by atoms with Crippen molar-refractivity contribution >= 4 is 5.82 Å². The second kappa shape index (κ2) is 7.10. The maximum absolute atomic E-state index is 12.4. The lowest BCUT2D eigenvalue weighted by Gasteiger charge is -2.26. The van der Waals surface area contributed by atoms with Crippen LogP contribution in [-0.2, 0) is 5.54 Å². The third-order valence-electron chi connectivity index (χ3n) is 3.75. The molecule has 0 amide bonds. The Morgan fingerprint density at radius 3 is 2.43 bits per heavy atom. The molecule has 21 heavy (non-hydrogen) atoms. The van der Waals surface area contributed by atoms with Gasteiger partial charge in [-0.15, -0.1) is 0 Å². The topological polar surface area (TPSA) is 46.9 Å². The van der Waals surface area contributed by atoms with Gasteiger partial charge in [-0.2, -0.15) is 0 Å². The smallest absolute Gasteiger partial charge is 0.293 e. The lowest BCUT2D eigenvalue weighted by atomic mass is 9.87. The Hall–Kier alpha value is -1.32. The highest BCUT2D eigenvalue weighted by molar-refractivity contribution is 5.31. The van der Waals surface area contributed by atoms with Crippen LogP contribution in [0.5, 0.6) is 0 Å². The van der Waals surface area contributed by atoms with Crippen LogP contribution in [0.3, 0.4) is 0 Å². The lowest BCUT2D eigenvalue weighted by Crippen LogP contribution is -2.36. The molecule has 1 rings (SSSR count). The van der Waals surface area contributed by atoms with Crippen molar-refractivity contribution in [2.45, 2.75) is 72.8 Å². The van der Waals surface area contributed by atoms with E-state index in [2.05, 4.69) is 31.1 Å². The highest BCUT2D eigenvalue weighted by Gasteiger charge is 2.20. The van der Waals surface area contributed by atoms with E-state index in [1.165, 1.54) is 19.3 Å². The van der Waals surface area contributed by atoms with E-state index in [9.17, 15) is 4.79 Å². The van der Waals surface area contributed by atoms with Gasteiger partial charge in [0.1, 0.15) is 0 Å². The molecular formula is C17H31N3O. The minimum atomic E-state index is -0.229. The average Bonchev–Trinajstić information content (AvgIpc) is 2.36. The van der Waals surface area contributed by atoms with E-state index in [4.69, 9.17) is 0 Å². The fourth-order valence-electron chi connectivity index (χ4n) is 2.33. The quantitative estimate of drug-likeness (QED) is 0.772. The minimum absolute atomic E-state index is 0.0469. The molecule has 1 N–H and O–H groups in total. The molecule has 0 aromatic carbocycles. The van der Waals surface area contributed by atoms with Crippen LogP contribution in [0.15, 0.2) is 17.2 Å². The number of nitrogens with zero attached hydrogens (tertiary/aromatic N) is 2. The number of unbranched alkanes of at least 4 members (excludes halogenated alkanes) is 2. The molecule has 0 fully saturated rings. The molecule has 0 spiro atoms. The van der Waals surface area contributed by atoms with E-state index in [-0.39, 0.29) is 16.5 Å². The number of nitrogens with one attached hydrogen (secondary N) is 1. The summed E-state index contributed by atoms with van der Waals surface area (Å²) in [4.78, 5) is 16.6. The summed E-state index contributed by atoms with van der Waals surface area (Å²) in [5.41, 5.74) is -0.104. The van der Waals surface area contributed by atoms with E-state index in [1.54, 1.807) is 17.0 Å². The molecule has 0 saturated heterocycles. The normalized spacial score (nSPS) is 12.5. The molecule has 1 heterocycles. The molecule has 0 aliphatic rings. The van der Waals surface area contributed by atoms with Crippen molar-refractivity contribution in [1.82, 2.24) is 9.55 Å². The first-order valence-electron chi connectivity index (χ1n) is 7.99. The number of rotatable bonds is 7. The zero-order chi connectivity index (χ0) is 16.1. The Bertz CT molecular complexity index is 497. The minimum Gasteiger partial charge on any atom is -0.365 e. The molecule has 4 heteroatoms. The second-order valence-corrected chi connectivity index (χ2v) is 7.60. The van der Waals surface area contributed by atoms with Crippen LogP contribution in [0.4, 0.5) is 5.82 Å². The fraction of sp³-hybridized carbons (Fsp3) is 0.765. The van der Waals surface area contributed by atoms with E-state index in [0.29, 0.717) is 5.82 Å². The predicted molar refractivity (Wildman–Crippen MR) is 89.9 cm³/mol. The van der Waals surface area contributed by atoms with Crippen molar-refractivity contribution in [3.63, 3.8) is 0 Å². The van der Waals surface area contributed by atoms with Crippen LogP contribution >= 0.6 is 0 Å². The largest absolute Gasteiger partial charge is 0.365 e. The van der Waals surface area contributed by atoms with Gasteiger partial charge in [-0.05, 0) is 32.6 Å². The third kappa shape index (κ3) is 5.52. The first-order chi connectivity index (χ1) is 9.67. The van der Waals surface area contributed by atoms with Gasteiger partial charge in [-0.25, -0.2) is 4.98 Å². The molecule has 4 nitrogen and oxygen atoms in total. The first kappa shape index (κ1) is 17.7. The predicted octanol–water partition coefficient (Wildman–Crippen LogP) is 4.02. The van der Waals surface area contributed by atoms with Crippen LogP contribution < -0.4 is 10.9 Å². The van der Waals surface area contributed by atoms with Crippen molar-refractivity contribution in [1.29, 1.82) is 0 Å². The van der Waals surface area contributed by atoms with Crippen LogP contribution in [0.2, 0.25) is 0 Å². The van der Waals surface area contributed by atoms with Gasteiger partial charge in [-0.3, -0.25) is 4.79 Å². The van der Waals surface area contributed by atoms with Gasteiger partial charge >= 0.3 is 0 Å². The van der Waals surface area contributed by atoms with Crippen molar-refractivity contribution in [2.75, 3.05) is 11.9 Å². The van der Waals surface area contributed by atoms with E-state index in [0.717, 1.165) is 13.0 Å². The van der Waals surface area contributed by atoms with Gasteiger partial charge in [0.05, 0.1) is 0 Å². The summed E-state index contributed by atoms with van der Waals surface area (Å²) in [6, 6.07) is 0. The molecule has 1 aromatic heterocycles. The first-order valence-corrected chi connectivity index (χ1v) is 7.99. The van der Waals surface area contributed by atoms with Gasteiger partial charge in [0.15, 0.2) is 5.82 Å². The summed E-state index contributed by atoms with van der Waals surface area (Å²) in [7, 11) is 0. The molecular weight excluding hydrogens is 262 g/mol. The van der Waals surface area contributed by atoms with E-state index in [1.807, 2.05) is 20.8 Å². The summed E-state index contributed by atoms with van der Waals surface area (Å²) < 4.78 is 1.73. The van der Waals surface area contributed by atoms with Gasteiger partial charge in [0, 0.05) is 24.5 Å². The Morgan fingerprint density at radius 1 is 1.19 bits per heavy atom. The van der Waals surface area contributed by atoms with Gasteiger partial charge < -0.3 is 9.88 Å². The summed E-state index contributed by atoms with van der Waals surface area (Å²) in [6.07, 6.45) is 8.34.